The molecule has 0 bridgehead atoms. The monoisotopic (exact) mass is 330 g/mol. The Bertz CT molecular complexity index is 659. The molecule has 3 rings (SSSR count). The van der Waals surface area contributed by atoms with Crippen LogP contribution in [-0.2, 0) is 18.4 Å². The van der Waals surface area contributed by atoms with Crippen LogP contribution in [0, 0.1) is 0 Å². The number of hydrogen-bond acceptors (Lipinski definition) is 5. The maximum absolute atomic E-state index is 4.65. The van der Waals surface area contributed by atoms with Crippen molar-refractivity contribution in [3.8, 4) is 0 Å². The molecule has 23 heavy (non-hydrogen) atoms. The van der Waals surface area contributed by atoms with Gasteiger partial charge in [0, 0.05) is 42.2 Å². The highest BCUT2D eigenvalue weighted by Crippen LogP contribution is 2.25. The summed E-state index contributed by atoms with van der Waals surface area (Å²) >= 11 is 1.89. The van der Waals surface area contributed by atoms with Crippen LogP contribution < -0.4 is 5.32 Å². The number of nitrogens with one attached hydrogen (secondary N) is 1. The highest BCUT2D eigenvalue weighted by molar-refractivity contribution is 7.10. The Balaban J connectivity index is 1.58. The number of hydrogen-bond donors (Lipinski definition) is 1. The molecule has 0 amide bonds. The zero-order valence-corrected chi connectivity index (χ0v) is 15.3. The molecule has 0 saturated carbocycles. The van der Waals surface area contributed by atoms with Gasteiger partial charge in [0.25, 0.3) is 0 Å². The third kappa shape index (κ3) is 3.90. The van der Waals surface area contributed by atoms with E-state index in [1.165, 1.54) is 12.0 Å². The van der Waals surface area contributed by atoms with Gasteiger partial charge in [-0.2, -0.15) is 0 Å². The van der Waals surface area contributed by atoms with Crippen LogP contribution in [0.4, 0.5) is 5.82 Å². The Morgan fingerprint density at radius 1 is 1.35 bits per heavy atom. The molecule has 4 nitrogen and oxygen atoms in total. The molecule has 0 fully saturated rings. The van der Waals surface area contributed by atoms with Crippen molar-refractivity contribution in [3.05, 3.63) is 40.0 Å². The smallest absolute Gasteiger partial charge is 0.135 e. The number of nitrogens with zero attached hydrogens (tertiary/aromatic N) is 3. The molecule has 1 unspecified atom stereocenters. The maximum Gasteiger partial charge on any atom is 0.135 e. The van der Waals surface area contributed by atoms with Crippen molar-refractivity contribution >= 4 is 17.2 Å². The van der Waals surface area contributed by atoms with Crippen molar-refractivity contribution in [2.24, 2.45) is 0 Å². The summed E-state index contributed by atoms with van der Waals surface area (Å²) in [5.74, 6) is 1.81. The van der Waals surface area contributed by atoms with Crippen LogP contribution in [0.25, 0.3) is 0 Å². The van der Waals surface area contributed by atoms with Gasteiger partial charge in [-0.3, -0.25) is 4.90 Å². The molecule has 0 radical (unpaired) electrons. The van der Waals surface area contributed by atoms with E-state index in [1.807, 2.05) is 23.6 Å². The average molecular weight is 331 g/mol. The van der Waals surface area contributed by atoms with E-state index in [2.05, 4.69) is 59.3 Å². The zero-order chi connectivity index (χ0) is 16.4. The summed E-state index contributed by atoms with van der Waals surface area (Å²) in [5, 5.41) is 5.70. The summed E-state index contributed by atoms with van der Waals surface area (Å²) in [5.41, 5.74) is 1.48. The summed E-state index contributed by atoms with van der Waals surface area (Å²) in [6, 6.07) is 4.71. The van der Waals surface area contributed by atoms with Crippen molar-refractivity contribution in [1.82, 2.24) is 14.9 Å². The fourth-order valence-electron chi connectivity index (χ4n) is 2.85. The zero-order valence-electron chi connectivity index (χ0n) is 14.5. The first-order valence-corrected chi connectivity index (χ1v) is 9.18. The molecular formula is C18H26N4S. The van der Waals surface area contributed by atoms with E-state index in [0.29, 0.717) is 6.04 Å². The first-order valence-electron chi connectivity index (χ1n) is 8.30. The fourth-order valence-corrected chi connectivity index (χ4v) is 3.74. The molecule has 2 aromatic heterocycles. The Kier molecular flexibility index (Phi) is 4.69. The predicted octanol–water partition coefficient (Wildman–Crippen LogP) is 3.69. The average Bonchev–Trinajstić information content (AvgIpc) is 2.99. The van der Waals surface area contributed by atoms with Gasteiger partial charge in [-0.15, -0.1) is 11.3 Å². The van der Waals surface area contributed by atoms with Gasteiger partial charge in [-0.1, -0.05) is 20.8 Å². The van der Waals surface area contributed by atoms with Crippen LogP contribution >= 0.6 is 11.3 Å². The molecule has 0 spiro atoms. The van der Waals surface area contributed by atoms with Gasteiger partial charge in [0.05, 0.1) is 0 Å². The first-order chi connectivity index (χ1) is 10.9. The largest absolute Gasteiger partial charge is 0.368 e. The molecule has 1 aliphatic heterocycles. The molecule has 0 saturated heterocycles. The molecule has 0 aliphatic carbocycles. The van der Waals surface area contributed by atoms with Gasteiger partial charge in [0.15, 0.2) is 0 Å². The van der Waals surface area contributed by atoms with E-state index in [-0.39, 0.29) is 5.41 Å². The van der Waals surface area contributed by atoms with Gasteiger partial charge < -0.3 is 5.32 Å². The van der Waals surface area contributed by atoms with Gasteiger partial charge in [0.1, 0.15) is 11.6 Å². The Morgan fingerprint density at radius 2 is 2.17 bits per heavy atom. The number of aromatic nitrogens is 2. The number of anilines is 1. The highest BCUT2D eigenvalue weighted by atomic mass is 32.1. The van der Waals surface area contributed by atoms with E-state index in [4.69, 9.17) is 0 Å². The lowest BCUT2D eigenvalue weighted by molar-refractivity contribution is 0.200. The predicted molar refractivity (Wildman–Crippen MR) is 97.1 cm³/mol. The minimum Gasteiger partial charge on any atom is -0.368 e. The first kappa shape index (κ1) is 16.4. The second-order valence-electron chi connectivity index (χ2n) is 7.33. The van der Waals surface area contributed by atoms with Crippen molar-refractivity contribution in [3.63, 3.8) is 0 Å². The third-order valence-electron chi connectivity index (χ3n) is 4.37. The summed E-state index contributed by atoms with van der Waals surface area (Å²) in [4.78, 5) is 13.1. The lowest BCUT2D eigenvalue weighted by atomic mass is 9.96. The summed E-state index contributed by atoms with van der Waals surface area (Å²) in [7, 11) is 0. The lowest BCUT2D eigenvalue weighted by Gasteiger charge is -2.32. The molecule has 1 N–H and O–H groups in total. The minimum absolute atomic E-state index is 0.0223. The van der Waals surface area contributed by atoms with E-state index in [9.17, 15) is 0 Å². The topological polar surface area (TPSA) is 41.1 Å². The molecular weight excluding hydrogens is 304 g/mol. The SMILES string of the molecule is CC(CNc1ccnc(C(C)(C)C)n1)N1CCc2sccc2C1. The lowest BCUT2D eigenvalue weighted by Crippen LogP contribution is -2.40. The van der Waals surface area contributed by atoms with Crippen LogP contribution in [-0.4, -0.2) is 34.0 Å². The van der Waals surface area contributed by atoms with E-state index >= 15 is 0 Å². The molecule has 124 valence electrons. The second-order valence-corrected chi connectivity index (χ2v) is 8.34. The molecule has 5 heteroatoms. The number of fused-ring (bicyclic) bond motifs is 1. The molecule has 0 aromatic carbocycles. The minimum atomic E-state index is -0.0223. The highest BCUT2D eigenvalue weighted by Gasteiger charge is 2.22. The molecule has 1 aliphatic rings. The standard InChI is InChI=1S/C18H26N4S/c1-13(22-9-6-15-14(12-22)7-10-23-15)11-20-16-5-8-19-17(21-16)18(2,3)4/h5,7-8,10,13H,6,9,11-12H2,1-4H3,(H,19,20,21). The van der Waals surface area contributed by atoms with Crippen molar-refractivity contribution in [1.29, 1.82) is 0 Å². The molecule has 2 aromatic rings. The molecule has 3 heterocycles. The number of rotatable bonds is 4. The normalized spacial score (nSPS) is 16.9. The van der Waals surface area contributed by atoms with Gasteiger partial charge in [-0.05, 0) is 36.4 Å². The van der Waals surface area contributed by atoms with Crippen LogP contribution in [0.2, 0.25) is 0 Å². The van der Waals surface area contributed by atoms with Crippen LogP contribution in [0.1, 0.15) is 44.0 Å². The molecule has 1 atom stereocenters. The third-order valence-corrected chi connectivity index (χ3v) is 5.39. The van der Waals surface area contributed by atoms with Gasteiger partial charge >= 0.3 is 0 Å². The van der Waals surface area contributed by atoms with E-state index in [0.717, 1.165) is 31.3 Å². The van der Waals surface area contributed by atoms with Crippen molar-refractivity contribution in [2.45, 2.75) is 52.1 Å². The summed E-state index contributed by atoms with van der Waals surface area (Å²) in [6.07, 6.45) is 3.03. The van der Waals surface area contributed by atoms with E-state index in [1.54, 1.807) is 4.88 Å². The second kappa shape index (κ2) is 6.57. The quantitative estimate of drug-likeness (QED) is 0.928. The Morgan fingerprint density at radius 3 is 2.96 bits per heavy atom. The van der Waals surface area contributed by atoms with Crippen LogP contribution in [0.3, 0.4) is 0 Å². The summed E-state index contributed by atoms with van der Waals surface area (Å²) < 4.78 is 0. The van der Waals surface area contributed by atoms with Crippen molar-refractivity contribution < 1.29 is 0 Å². The Labute approximate surface area is 143 Å². The fraction of sp³-hybridized carbons (Fsp3) is 0.556. The summed E-state index contributed by atoms with van der Waals surface area (Å²) in [6.45, 7) is 11.8. The number of thiophene rings is 1. The Hall–Kier alpha value is -1.46. The van der Waals surface area contributed by atoms with Gasteiger partial charge in [-0.25, -0.2) is 9.97 Å². The van der Waals surface area contributed by atoms with Gasteiger partial charge in [0.2, 0.25) is 0 Å². The van der Waals surface area contributed by atoms with Crippen LogP contribution in [0.5, 0.6) is 0 Å². The van der Waals surface area contributed by atoms with Crippen molar-refractivity contribution in [2.75, 3.05) is 18.4 Å². The van der Waals surface area contributed by atoms with Crippen LogP contribution in [0.15, 0.2) is 23.7 Å². The van der Waals surface area contributed by atoms with E-state index < -0.39 is 0 Å². The maximum atomic E-state index is 4.65.